The number of hydrogen-bond acceptors (Lipinski definition) is 7. The Morgan fingerprint density at radius 3 is 2.61 bits per heavy atom. The fraction of sp³-hybridized carbons (Fsp3) is 0.156. The average molecular weight is 553 g/mol. The Balaban J connectivity index is 1.39. The van der Waals surface area contributed by atoms with Gasteiger partial charge >= 0.3 is 12.0 Å². The molecule has 5 rings (SSSR count). The quantitative estimate of drug-likeness (QED) is 0.118. The standard InChI is InChI=1S/C32H28N2O7/c1-4-8-22-15-20(16-26-30(35)34(32(37)33-26)18-24-13-14-27(41-24)31(36)39-3)17-28(38-2)29(22)40-19-23-11-7-10-21-9-5-6-12-25(21)23/h4-7,9-17H,1,8,18-19H2,2-3H3,(H,33,37)/b26-16-. The Morgan fingerprint density at radius 1 is 1.02 bits per heavy atom. The lowest BCUT2D eigenvalue weighted by atomic mass is 10.0. The minimum absolute atomic E-state index is 0.0186. The maximum atomic E-state index is 13.1. The molecule has 1 aliphatic rings. The lowest BCUT2D eigenvalue weighted by molar-refractivity contribution is -0.123. The number of allylic oxidation sites excluding steroid dienone is 1. The van der Waals surface area contributed by atoms with E-state index in [4.69, 9.17) is 13.9 Å². The summed E-state index contributed by atoms with van der Waals surface area (Å²) < 4.78 is 22.0. The van der Waals surface area contributed by atoms with Gasteiger partial charge in [0.05, 0.1) is 20.8 Å². The molecule has 0 unspecified atom stereocenters. The van der Waals surface area contributed by atoms with Crippen molar-refractivity contribution in [2.24, 2.45) is 0 Å². The fourth-order valence-electron chi connectivity index (χ4n) is 4.67. The van der Waals surface area contributed by atoms with E-state index in [9.17, 15) is 14.4 Å². The van der Waals surface area contributed by atoms with Crippen LogP contribution in [-0.4, -0.2) is 37.0 Å². The molecule has 0 radical (unpaired) electrons. The van der Waals surface area contributed by atoms with Crippen LogP contribution in [0.4, 0.5) is 4.79 Å². The lowest BCUT2D eigenvalue weighted by Crippen LogP contribution is -2.30. The number of esters is 1. The van der Waals surface area contributed by atoms with Gasteiger partial charge in [-0.3, -0.25) is 9.69 Å². The molecule has 1 N–H and O–H groups in total. The Morgan fingerprint density at radius 2 is 1.83 bits per heavy atom. The molecule has 0 atom stereocenters. The number of nitrogens with zero attached hydrogens (tertiary/aromatic N) is 1. The molecule has 3 amide bonds. The number of carbonyl (C=O) groups is 3. The molecule has 208 valence electrons. The number of fused-ring (bicyclic) bond motifs is 1. The first-order valence-corrected chi connectivity index (χ1v) is 12.8. The predicted molar refractivity (Wildman–Crippen MR) is 152 cm³/mol. The highest BCUT2D eigenvalue weighted by Gasteiger charge is 2.34. The van der Waals surface area contributed by atoms with Crippen LogP contribution in [0, 0.1) is 0 Å². The minimum Gasteiger partial charge on any atom is -0.493 e. The highest BCUT2D eigenvalue weighted by atomic mass is 16.5. The van der Waals surface area contributed by atoms with Crippen LogP contribution in [-0.2, 0) is 29.1 Å². The van der Waals surface area contributed by atoms with Gasteiger partial charge in [-0.25, -0.2) is 9.59 Å². The number of carbonyl (C=O) groups excluding carboxylic acids is 3. The van der Waals surface area contributed by atoms with Crippen molar-refractivity contribution in [3.63, 3.8) is 0 Å². The van der Waals surface area contributed by atoms with Crippen molar-refractivity contribution in [1.29, 1.82) is 0 Å². The number of benzene rings is 3. The first-order valence-electron chi connectivity index (χ1n) is 12.8. The Hall–Kier alpha value is -5.31. The van der Waals surface area contributed by atoms with Crippen molar-refractivity contribution in [3.05, 3.63) is 113 Å². The van der Waals surface area contributed by atoms with E-state index in [0.29, 0.717) is 30.1 Å². The third kappa shape index (κ3) is 5.69. The Kier molecular flexibility index (Phi) is 7.87. The second-order valence-electron chi connectivity index (χ2n) is 9.27. The summed E-state index contributed by atoms with van der Waals surface area (Å²) in [7, 11) is 2.78. The van der Waals surface area contributed by atoms with Gasteiger partial charge in [0.25, 0.3) is 5.91 Å². The van der Waals surface area contributed by atoms with E-state index in [-0.39, 0.29) is 23.8 Å². The summed E-state index contributed by atoms with van der Waals surface area (Å²) in [6.45, 7) is 4.05. The number of furan rings is 1. The van der Waals surface area contributed by atoms with E-state index in [1.807, 2.05) is 30.3 Å². The summed E-state index contributed by atoms with van der Waals surface area (Å²) in [4.78, 5) is 38.3. The fourth-order valence-corrected chi connectivity index (χ4v) is 4.67. The zero-order chi connectivity index (χ0) is 28.9. The number of imide groups is 1. The first kappa shape index (κ1) is 27.3. The molecule has 9 heteroatoms. The monoisotopic (exact) mass is 552 g/mol. The highest BCUT2D eigenvalue weighted by molar-refractivity contribution is 6.13. The van der Waals surface area contributed by atoms with Gasteiger partial charge in [0.2, 0.25) is 5.76 Å². The van der Waals surface area contributed by atoms with Gasteiger partial charge in [-0.2, -0.15) is 0 Å². The molecule has 9 nitrogen and oxygen atoms in total. The van der Waals surface area contributed by atoms with Gasteiger partial charge in [-0.05, 0) is 58.7 Å². The van der Waals surface area contributed by atoms with Crippen LogP contribution in [0.1, 0.15) is 33.0 Å². The highest BCUT2D eigenvalue weighted by Crippen LogP contribution is 2.36. The van der Waals surface area contributed by atoms with E-state index in [1.54, 1.807) is 25.3 Å². The summed E-state index contributed by atoms with van der Waals surface area (Å²) in [6, 6.07) is 20.1. The predicted octanol–water partition coefficient (Wildman–Crippen LogP) is 5.63. The molecule has 1 saturated heterocycles. The minimum atomic E-state index is -0.650. The second-order valence-corrected chi connectivity index (χ2v) is 9.27. The van der Waals surface area contributed by atoms with Crippen molar-refractivity contribution in [3.8, 4) is 11.5 Å². The third-order valence-electron chi connectivity index (χ3n) is 6.63. The third-order valence-corrected chi connectivity index (χ3v) is 6.63. The van der Waals surface area contributed by atoms with Crippen LogP contribution in [0.3, 0.4) is 0 Å². The van der Waals surface area contributed by atoms with Crippen LogP contribution in [0.15, 0.2) is 89.5 Å². The molecule has 3 aromatic carbocycles. The molecule has 0 spiro atoms. The van der Waals surface area contributed by atoms with Gasteiger partial charge in [0.15, 0.2) is 11.5 Å². The SMILES string of the molecule is C=CCc1cc(/C=C2\NC(=O)N(Cc3ccc(C(=O)OC)o3)C2=O)cc(OC)c1OCc1cccc2ccccc12. The van der Waals surface area contributed by atoms with Gasteiger partial charge in [-0.1, -0.05) is 48.5 Å². The number of nitrogens with one attached hydrogen (secondary N) is 1. The lowest BCUT2D eigenvalue weighted by Gasteiger charge is -2.17. The number of ether oxygens (including phenoxy) is 3. The molecular formula is C32H28N2O7. The van der Waals surface area contributed by atoms with E-state index in [2.05, 4.69) is 34.8 Å². The molecule has 1 fully saturated rings. The molecule has 41 heavy (non-hydrogen) atoms. The number of hydrogen-bond donors (Lipinski definition) is 1. The number of amides is 3. The first-order chi connectivity index (χ1) is 19.9. The molecule has 0 aliphatic carbocycles. The summed E-state index contributed by atoms with van der Waals surface area (Å²) in [6.07, 6.45) is 3.82. The van der Waals surface area contributed by atoms with Gasteiger partial charge in [0, 0.05) is 5.56 Å². The summed E-state index contributed by atoms with van der Waals surface area (Å²) in [5, 5.41) is 4.84. The van der Waals surface area contributed by atoms with Gasteiger partial charge in [-0.15, -0.1) is 6.58 Å². The van der Waals surface area contributed by atoms with E-state index in [0.717, 1.165) is 26.8 Å². The molecular weight excluding hydrogens is 524 g/mol. The van der Waals surface area contributed by atoms with Crippen LogP contribution in [0.25, 0.3) is 16.8 Å². The zero-order valence-corrected chi connectivity index (χ0v) is 22.6. The summed E-state index contributed by atoms with van der Waals surface area (Å²) in [5.41, 5.74) is 2.57. The van der Waals surface area contributed by atoms with Gasteiger partial charge < -0.3 is 23.9 Å². The molecule has 1 aliphatic heterocycles. The summed E-state index contributed by atoms with van der Waals surface area (Å²) >= 11 is 0. The van der Waals surface area contributed by atoms with Crippen molar-refractivity contribution in [1.82, 2.24) is 10.2 Å². The molecule has 0 saturated carbocycles. The van der Waals surface area contributed by atoms with E-state index in [1.165, 1.54) is 19.2 Å². The van der Waals surface area contributed by atoms with Crippen LogP contribution in [0.5, 0.6) is 11.5 Å². The maximum absolute atomic E-state index is 13.1. The van der Waals surface area contributed by atoms with Crippen molar-refractivity contribution in [2.45, 2.75) is 19.6 Å². The second kappa shape index (κ2) is 11.8. The maximum Gasteiger partial charge on any atom is 0.373 e. The van der Waals surface area contributed by atoms with Crippen LogP contribution in [0.2, 0.25) is 0 Å². The van der Waals surface area contributed by atoms with Crippen molar-refractivity contribution in [2.75, 3.05) is 14.2 Å². The van der Waals surface area contributed by atoms with Gasteiger partial charge in [0.1, 0.15) is 18.1 Å². The molecule has 4 aromatic rings. The Labute approximate surface area is 236 Å². The smallest absolute Gasteiger partial charge is 0.373 e. The summed E-state index contributed by atoms with van der Waals surface area (Å²) in [5.74, 6) is 0.114. The van der Waals surface area contributed by atoms with Crippen LogP contribution >= 0.6 is 0 Å². The normalized spacial score (nSPS) is 13.9. The molecule has 1 aromatic heterocycles. The Bertz CT molecular complexity index is 1680. The zero-order valence-electron chi connectivity index (χ0n) is 22.6. The number of methoxy groups -OCH3 is 2. The van der Waals surface area contributed by atoms with Crippen molar-refractivity contribution >= 4 is 34.8 Å². The topological polar surface area (TPSA) is 107 Å². The van der Waals surface area contributed by atoms with Crippen LogP contribution < -0.4 is 14.8 Å². The van der Waals surface area contributed by atoms with E-state index < -0.39 is 17.9 Å². The van der Waals surface area contributed by atoms with E-state index >= 15 is 0 Å². The number of urea groups is 1. The molecule has 2 heterocycles. The number of rotatable bonds is 10. The van der Waals surface area contributed by atoms with Crippen molar-refractivity contribution < 1.29 is 33.0 Å². The molecule has 0 bridgehead atoms. The largest absolute Gasteiger partial charge is 0.493 e. The average Bonchev–Trinajstić information content (AvgIpc) is 3.56.